The molecule has 1 aliphatic rings. The summed E-state index contributed by atoms with van der Waals surface area (Å²) in [5.74, 6) is -1.90. The number of hydrogen-bond donors (Lipinski definition) is 2. The van der Waals surface area contributed by atoms with Crippen molar-refractivity contribution in [3.05, 3.63) is 65.4 Å². The van der Waals surface area contributed by atoms with Gasteiger partial charge < -0.3 is 10.2 Å². The summed E-state index contributed by atoms with van der Waals surface area (Å²) >= 11 is 0. The first kappa shape index (κ1) is 19.3. The van der Waals surface area contributed by atoms with Crippen molar-refractivity contribution in [3.63, 3.8) is 0 Å². The second-order valence-electron chi connectivity index (χ2n) is 5.99. The van der Waals surface area contributed by atoms with E-state index in [1.807, 2.05) is 0 Å². The first-order valence-electron chi connectivity index (χ1n) is 8.21. The summed E-state index contributed by atoms with van der Waals surface area (Å²) in [7, 11) is -3.87. The number of aromatic nitrogens is 1. The fraction of sp³-hybridized carbons (Fsp3) is 0.105. The Morgan fingerprint density at radius 2 is 1.71 bits per heavy atom. The Morgan fingerprint density at radius 1 is 1.04 bits per heavy atom. The predicted octanol–water partition coefficient (Wildman–Crippen LogP) is 2.03. The van der Waals surface area contributed by atoms with Gasteiger partial charge in [0.2, 0.25) is 0 Å². The monoisotopic (exact) mass is 400 g/mol. The number of anilines is 1. The van der Waals surface area contributed by atoms with Gasteiger partial charge in [-0.05, 0) is 53.5 Å². The van der Waals surface area contributed by atoms with Gasteiger partial charge >= 0.3 is 11.9 Å². The Balaban J connectivity index is 1.92. The van der Waals surface area contributed by atoms with Gasteiger partial charge in [-0.25, -0.2) is 27.3 Å². The Labute approximate surface area is 161 Å². The molecule has 0 unspecified atom stereocenters. The third kappa shape index (κ3) is 4.09. The quantitative estimate of drug-likeness (QED) is 0.711. The van der Waals surface area contributed by atoms with Crippen molar-refractivity contribution in [2.24, 2.45) is 0 Å². The van der Waals surface area contributed by atoms with Crippen molar-refractivity contribution in [1.82, 2.24) is 4.98 Å². The number of carboxylic acid groups (broad SMARTS) is 2. The zero-order valence-corrected chi connectivity index (χ0v) is 15.3. The van der Waals surface area contributed by atoms with Gasteiger partial charge in [-0.3, -0.25) is 0 Å². The number of aliphatic carboxylic acids is 2. The first-order chi connectivity index (χ1) is 13.3. The third-order valence-corrected chi connectivity index (χ3v) is 5.85. The van der Waals surface area contributed by atoms with E-state index in [0.29, 0.717) is 28.9 Å². The zero-order valence-electron chi connectivity index (χ0n) is 14.5. The Bertz CT molecular complexity index is 1110. The second-order valence-corrected chi connectivity index (χ2v) is 7.86. The number of benzene rings is 1. The van der Waals surface area contributed by atoms with Crippen LogP contribution in [0, 0.1) is 0 Å². The van der Waals surface area contributed by atoms with Gasteiger partial charge in [0.05, 0.1) is 4.90 Å². The number of rotatable bonds is 6. The van der Waals surface area contributed by atoms with Gasteiger partial charge in [-0.1, -0.05) is 12.1 Å². The first-order valence-corrected chi connectivity index (χ1v) is 9.65. The fourth-order valence-corrected chi connectivity index (χ4v) is 4.34. The molecule has 2 aromatic rings. The topological polar surface area (TPSA) is 125 Å². The summed E-state index contributed by atoms with van der Waals surface area (Å²) in [5, 5.41) is 17.4. The summed E-state index contributed by atoms with van der Waals surface area (Å²) in [5.41, 5.74) is 1.73. The van der Waals surface area contributed by atoms with Gasteiger partial charge in [-0.2, -0.15) is 0 Å². The fourth-order valence-electron chi connectivity index (χ4n) is 2.82. The molecule has 0 saturated heterocycles. The Kier molecular flexibility index (Phi) is 5.27. The van der Waals surface area contributed by atoms with Crippen molar-refractivity contribution < 1.29 is 28.2 Å². The molecule has 9 heteroatoms. The zero-order chi connectivity index (χ0) is 20.3. The van der Waals surface area contributed by atoms with Crippen molar-refractivity contribution in [2.75, 3.05) is 10.8 Å². The molecule has 3 rings (SSSR count). The van der Waals surface area contributed by atoms with E-state index in [1.54, 1.807) is 18.2 Å². The highest BCUT2D eigenvalue weighted by Gasteiger charge is 2.32. The highest BCUT2D eigenvalue weighted by atomic mass is 32.2. The molecule has 0 aliphatic carbocycles. The van der Waals surface area contributed by atoms with Crippen LogP contribution in [0.4, 0.5) is 5.82 Å². The molecule has 2 heterocycles. The van der Waals surface area contributed by atoms with E-state index in [4.69, 9.17) is 10.2 Å². The van der Waals surface area contributed by atoms with Gasteiger partial charge in [0.15, 0.2) is 0 Å². The van der Waals surface area contributed by atoms with Crippen molar-refractivity contribution >= 4 is 39.9 Å². The SMILES string of the molecule is O=C(O)/C=C/c1cccc(S(=O)(=O)N2CCc3cc(/C=C/C(=O)O)cnc32)c1. The molecule has 2 N–H and O–H groups in total. The van der Waals surface area contributed by atoms with E-state index in [-0.39, 0.29) is 11.4 Å². The van der Waals surface area contributed by atoms with Crippen LogP contribution in [0.5, 0.6) is 0 Å². The molecule has 28 heavy (non-hydrogen) atoms. The van der Waals surface area contributed by atoms with Crippen molar-refractivity contribution in [2.45, 2.75) is 11.3 Å². The van der Waals surface area contributed by atoms with E-state index in [2.05, 4.69) is 4.98 Å². The molecule has 0 amide bonds. The lowest BCUT2D eigenvalue weighted by atomic mass is 10.1. The molecule has 0 fully saturated rings. The normalized spacial score (nSPS) is 13.9. The van der Waals surface area contributed by atoms with Crippen LogP contribution in [0.2, 0.25) is 0 Å². The second kappa shape index (κ2) is 7.65. The standard InChI is InChI=1S/C19H16N2O6S/c22-17(23)6-4-13-2-1-3-16(11-13)28(26,27)21-9-8-15-10-14(5-7-18(24)25)12-20-19(15)21/h1-7,10-12H,8-9H2,(H,22,23)(H,24,25)/b6-4+,7-5+. The van der Waals surface area contributed by atoms with Gasteiger partial charge in [0.1, 0.15) is 5.82 Å². The summed E-state index contributed by atoms with van der Waals surface area (Å²) in [6, 6.07) is 7.70. The summed E-state index contributed by atoms with van der Waals surface area (Å²) in [4.78, 5) is 25.5. The molecule has 144 valence electrons. The number of sulfonamides is 1. The molecule has 1 aromatic heterocycles. The molecule has 0 bridgehead atoms. The van der Waals surface area contributed by atoms with E-state index in [0.717, 1.165) is 12.2 Å². The number of carbonyl (C=O) groups is 2. The van der Waals surface area contributed by atoms with E-state index in [1.165, 1.54) is 34.8 Å². The molecule has 0 spiro atoms. The average molecular weight is 400 g/mol. The molecular weight excluding hydrogens is 384 g/mol. The molecule has 0 radical (unpaired) electrons. The molecule has 0 saturated carbocycles. The average Bonchev–Trinajstić information content (AvgIpc) is 3.09. The number of pyridine rings is 1. The molecule has 1 aliphatic heterocycles. The minimum Gasteiger partial charge on any atom is -0.478 e. The van der Waals surface area contributed by atoms with E-state index in [9.17, 15) is 18.0 Å². The number of nitrogens with zero attached hydrogens (tertiary/aromatic N) is 2. The summed E-state index contributed by atoms with van der Waals surface area (Å²) in [6.07, 6.45) is 6.50. The Hall–Kier alpha value is -3.46. The number of carboxylic acids is 2. The largest absolute Gasteiger partial charge is 0.478 e. The van der Waals surface area contributed by atoms with Crippen LogP contribution >= 0.6 is 0 Å². The van der Waals surface area contributed by atoms with Crippen LogP contribution in [0.3, 0.4) is 0 Å². The van der Waals surface area contributed by atoms with Crippen LogP contribution < -0.4 is 4.31 Å². The highest BCUT2D eigenvalue weighted by Crippen LogP contribution is 2.32. The maximum Gasteiger partial charge on any atom is 0.328 e. The minimum absolute atomic E-state index is 0.0320. The summed E-state index contributed by atoms with van der Waals surface area (Å²) < 4.78 is 27.3. The van der Waals surface area contributed by atoms with Crippen molar-refractivity contribution in [3.8, 4) is 0 Å². The van der Waals surface area contributed by atoms with E-state index < -0.39 is 22.0 Å². The van der Waals surface area contributed by atoms with Crippen LogP contribution in [0.1, 0.15) is 16.7 Å². The van der Waals surface area contributed by atoms with Crippen LogP contribution in [-0.2, 0) is 26.0 Å². The lowest BCUT2D eigenvalue weighted by molar-refractivity contribution is -0.132. The lowest BCUT2D eigenvalue weighted by Gasteiger charge is -2.18. The van der Waals surface area contributed by atoms with Gasteiger partial charge in [-0.15, -0.1) is 0 Å². The maximum atomic E-state index is 13.0. The molecule has 1 aromatic carbocycles. The number of hydrogen-bond acceptors (Lipinski definition) is 5. The molecule has 0 atom stereocenters. The van der Waals surface area contributed by atoms with Crippen LogP contribution in [-0.4, -0.2) is 42.1 Å². The number of fused-ring (bicyclic) bond motifs is 1. The smallest absolute Gasteiger partial charge is 0.328 e. The highest BCUT2D eigenvalue weighted by molar-refractivity contribution is 7.92. The molecule has 8 nitrogen and oxygen atoms in total. The maximum absolute atomic E-state index is 13.0. The minimum atomic E-state index is -3.87. The summed E-state index contributed by atoms with van der Waals surface area (Å²) in [6.45, 7) is 0.214. The van der Waals surface area contributed by atoms with Gasteiger partial charge in [0.25, 0.3) is 10.0 Å². The molecular formula is C19H16N2O6S. The van der Waals surface area contributed by atoms with Crippen LogP contribution in [0.15, 0.2) is 53.6 Å². The van der Waals surface area contributed by atoms with Gasteiger partial charge in [0, 0.05) is 24.9 Å². The third-order valence-electron chi connectivity index (χ3n) is 4.07. The van der Waals surface area contributed by atoms with Crippen LogP contribution in [0.25, 0.3) is 12.2 Å². The Morgan fingerprint density at radius 3 is 2.39 bits per heavy atom. The van der Waals surface area contributed by atoms with Crippen molar-refractivity contribution in [1.29, 1.82) is 0 Å². The lowest BCUT2D eigenvalue weighted by Crippen LogP contribution is -2.29. The predicted molar refractivity (Wildman–Crippen MR) is 102 cm³/mol. The van der Waals surface area contributed by atoms with E-state index >= 15 is 0 Å².